The Morgan fingerprint density at radius 1 is 1.21 bits per heavy atom. The number of fused-ring (bicyclic) bond motifs is 5. The van der Waals surface area contributed by atoms with Gasteiger partial charge in [0.15, 0.2) is 0 Å². The number of hydroxylamine groups is 3. The van der Waals surface area contributed by atoms with E-state index >= 15 is 0 Å². The number of aryl methyl sites for hydroxylation is 1. The van der Waals surface area contributed by atoms with Gasteiger partial charge in [-0.1, -0.05) is 13.0 Å². The van der Waals surface area contributed by atoms with Crippen LogP contribution in [0.2, 0.25) is 0 Å². The minimum Gasteiger partial charge on any atom is -0.633 e. The minimum absolute atomic E-state index is 0.0357. The maximum atomic E-state index is 13.7. The molecule has 0 saturated heterocycles. The Morgan fingerprint density at radius 2 is 2.00 bits per heavy atom. The summed E-state index contributed by atoms with van der Waals surface area (Å²) in [5.74, 6) is 3.13. The molecule has 4 rings (SSSR count). The molecule has 0 heterocycles. The van der Waals surface area contributed by atoms with E-state index in [2.05, 4.69) is 44.1 Å². The Kier molecular flexibility index (Phi) is 5.73. The van der Waals surface area contributed by atoms with Crippen molar-refractivity contribution in [2.24, 2.45) is 17.3 Å². The van der Waals surface area contributed by atoms with Gasteiger partial charge >= 0.3 is 0 Å². The molecule has 0 aromatic heterocycles. The summed E-state index contributed by atoms with van der Waals surface area (Å²) in [7, 11) is 7.91. The van der Waals surface area contributed by atoms with E-state index in [1.165, 1.54) is 31.2 Å². The molecule has 1 aromatic carbocycles. The zero-order chi connectivity index (χ0) is 20.8. The van der Waals surface area contributed by atoms with Crippen molar-refractivity contribution in [2.45, 2.75) is 63.8 Å². The number of benzene rings is 1. The molecule has 4 heteroatoms. The van der Waals surface area contributed by atoms with Crippen molar-refractivity contribution in [3.63, 3.8) is 0 Å². The Morgan fingerprint density at radius 3 is 2.72 bits per heavy atom. The summed E-state index contributed by atoms with van der Waals surface area (Å²) in [5.41, 5.74) is 3.27. The summed E-state index contributed by atoms with van der Waals surface area (Å²) >= 11 is 0. The highest BCUT2D eigenvalue weighted by molar-refractivity contribution is 5.40. The van der Waals surface area contributed by atoms with E-state index in [1.807, 2.05) is 7.05 Å². The maximum Gasteiger partial charge on any atom is 0.119 e. The van der Waals surface area contributed by atoms with Crippen LogP contribution in [0.3, 0.4) is 0 Å². The van der Waals surface area contributed by atoms with E-state index in [9.17, 15) is 5.21 Å². The standard InChI is InChI=1S/C25H40N2O2/c1-25-14-13-21-20-10-8-19(29-5)17-18(20)7-9-22(21)23(25)11-12-24(25)27(4,28)16-6-15-26(2)3/h8,10,17,21-24H,6-7,9,11-16H2,1-5H3/t21-,22-,23+,24+,25+,27?/m1/s1. The van der Waals surface area contributed by atoms with Gasteiger partial charge in [-0.15, -0.1) is 0 Å². The largest absolute Gasteiger partial charge is 0.633 e. The smallest absolute Gasteiger partial charge is 0.119 e. The normalized spacial score (nSPS) is 35.6. The summed E-state index contributed by atoms with van der Waals surface area (Å²) in [6.45, 7) is 4.23. The van der Waals surface area contributed by atoms with E-state index in [-0.39, 0.29) is 16.1 Å². The van der Waals surface area contributed by atoms with Gasteiger partial charge in [-0.05, 0) is 87.2 Å². The fourth-order valence-electron chi connectivity index (χ4n) is 7.41. The molecule has 3 aliphatic rings. The van der Waals surface area contributed by atoms with Gasteiger partial charge in [0.05, 0.1) is 26.7 Å². The van der Waals surface area contributed by atoms with Crippen molar-refractivity contribution in [3.05, 3.63) is 34.5 Å². The maximum absolute atomic E-state index is 13.7. The Labute approximate surface area is 177 Å². The van der Waals surface area contributed by atoms with Crippen molar-refractivity contribution in [3.8, 4) is 5.75 Å². The van der Waals surface area contributed by atoms with Crippen LogP contribution in [0.25, 0.3) is 0 Å². The molecule has 162 valence electrons. The van der Waals surface area contributed by atoms with Crippen LogP contribution < -0.4 is 4.74 Å². The highest BCUT2D eigenvalue weighted by Gasteiger charge is 2.58. The summed E-state index contributed by atoms with van der Waals surface area (Å²) in [6, 6.07) is 7.00. The molecule has 2 saturated carbocycles. The van der Waals surface area contributed by atoms with Crippen LogP contribution in [-0.2, 0) is 6.42 Å². The second kappa shape index (κ2) is 7.86. The Balaban J connectivity index is 1.52. The molecule has 1 unspecified atom stereocenters. The molecule has 0 spiro atoms. The second-order valence-electron chi connectivity index (χ2n) is 10.7. The highest BCUT2D eigenvalue weighted by Crippen LogP contribution is 2.62. The van der Waals surface area contributed by atoms with Gasteiger partial charge in [-0.25, -0.2) is 0 Å². The number of ether oxygens (including phenoxy) is 1. The fraction of sp³-hybridized carbons (Fsp3) is 0.760. The van der Waals surface area contributed by atoms with Crippen molar-refractivity contribution < 1.29 is 9.38 Å². The molecule has 29 heavy (non-hydrogen) atoms. The van der Waals surface area contributed by atoms with E-state index < -0.39 is 0 Å². The average Bonchev–Trinajstić information content (AvgIpc) is 3.05. The minimum atomic E-state index is -0.0357. The molecule has 0 bridgehead atoms. The predicted molar refractivity (Wildman–Crippen MR) is 119 cm³/mol. The fourth-order valence-corrected chi connectivity index (χ4v) is 7.41. The zero-order valence-electron chi connectivity index (χ0n) is 19.1. The molecule has 0 radical (unpaired) electrons. The third-order valence-electron chi connectivity index (χ3n) is 8.75. The number of nitrogens with zero attached hydrogens (tertiary/aromatic N) is 2. The molecule has 1 aromatic rings. The lowest BCUT2D eigenvalue weighted by atomic mass is 9.55. The topological polar surface area (TPSA) is 35.5 Å². The lowest BCUT2D eigenvalue weighted by Gasteiger charge is -2.56. The lowest BCUT2D eigenvalue weighted by Crippen LogP contribution is -2.57. The summed E-state index contributed by atoms with van der Waals surface area (Å²) in [4.78, 5) is 2.19. The third-order valence-corrected chi connectivity index (χ3v) is 8.75. The van der Waals surface area contributed by atoms with Gasteiger partial charge in [-0.2, -0.15) is 0 Å². The van der Waals surface area contributed by atoms with Crippen LogP contribution in [0.15, 0.2) is 18.2 Å². The first-order chi connectivity index (χ1) is 13.8. The molecule has 0 amide bonds. The Hall–Kier alpha value is -1.10. The predicted octanol–water partition coefficient (Wildman–Crippen LogP) is 4.82. The van der Waals surface area contributed by atoms with E-state index in [4.69, 9.17) is 4.74 Å². The molecule has 6 atom stereocenters. The lowest BCUT2D eigenvalue weighted by molar-refractivity contribution is -0.893. The summed E-state index contributed by atoms with van der Waals surface area (Å²) in [5, 5.41) is 13.7. The van der Waals surface area contributed by atoms with E-state index in [0.29, 0.717) is 11.8 Å². The van der Waals surface area contributed by atoms with Gasteiger partial charge in [0.1, 0.15) is 5.75 Å². The molecule has 0 N–H and O–H groups in total. The third kappa shape index (κ3) is 3.73. The molecule has 3 aliphatic carbocycles. The average molecular weight is 401 g/mol. The van der Waals surface area contributed by atoms with Gasteiger partial charge in [0.2, 0.25) is 0 Å². The van der Waals surface area contributed by atoms with Crippen LogP contribution >= 0.6 is 0 Å². The summed E-state index contributed by atoms with van der Waals surface area (Å²) < 4.78 is 5.42. The van der Waals surface area contributed by atoms with E-state index in [1.54, 1.807) is 12.7 Å². The molecular weight excluding hydrogens is 360 g/mol. The van der Waals surface area contributed by atoms with Crippen LogP contribution in [-0.4, -0.2) is 56.9 Å². The summed E-state index contributed by atoms with van der Waals surface area (Å²) in [6.07, 6.45) is 8.24. The quantitative estimate of drug-likeness (QED) is 0.507. The molecule has 4 nitrogen and oxygen atoms in total. The monoisotopic (exact) mass is 400 g/mol. The zero-order valence-corrected chi connectivity index (χ0v) is 19.1. The first-order valence-electron chi connectivity index (χ1n) is 11.6. The first-order valence-corrected chi connectivity index (χ1v) is 11.6. The van der Waals surface area contributed by atoms with Crippen molar-refractivity contribution in [2.75, 3.05) is 41.3 Å². The van der Waals surface area contributed by atoms with Crippen molar-refractivity contribution in [1.82, 2.24) is 4.90 Å². The SMILES string of the molecule is COc1ccc2c(c1)CC[C@@H]1[C@@H]2CC[C@@]2(C)[C@H]1CC[C@@H]2[N+](C)([O-])CCCN(C)C. The molecular formula is C25H40N2O2. The van der Waals surface area contributed by atoms with E-state index in [0.717, 1.165) is 44.0 Å². The van der Waals surface area contributed by atoms with Gasteiger partial charge < -0.3 is 19.5 Å². The van der Waals surface area contributed by atoms with Crippen molar-refractivity contribution >= 4 is 0 Å². The van der Waals surface area contributed by atoms with Crippen LogP contribution in [0.1, 0.15) is 62.5 Å². The van der Waals surface area contributed by atoms with Crippen LogP contribution in [0.5, 0.6) is 5.75 Å². The number of methoxy groups -OCH3 is 1. The molecule has 2 fully saturated rings. The number of rotatable bonds is 6. The van der Waals surface area contributed by atoms with Crippen molar-refractivity contribution in [1.29, 1.82) is 0 Å². The van der Waals surface area contributed by atoms with Crippen LogP contribution in [0.4, 0.5) is 0 Å². The number of hydrogen-bond donors (Lipinski definition) is 0. The number of hydrogen-bond acceptors (Lipinski definition) is 3. The highest BCUT2D eigenvalue weighted by atomic mass is 16.5. The number of quaternary nitrogens is 1. The Bertz CT molecular complexity index is 732. The van der Waals surface area contributed by atoms with Gasteiger partial charge in [0, 0.05) is 24.8 Å². The first kappa shape index (κ1) is 21.1. The molecule has 0 aliphatic heterocycles. The van der Waals surface area contributed by atoms with Gasteiger partial charge in [-0.3, -0.25) is 0 Å². The van der Waals surface area contributed by atoms with Crippen LogP contribution in [0, 0.1) is 22.5 Å². The van der Waals surface area contributed by atoms with Gasteiger partial charge in [0.25, 0.3) is 0 Å². The second-order valence-corrected chi connectivity index (χ2v) is 10.7.